The number of halogens is 3. The van der Waals surface area contributed by atoms with Gasteiger partial charge in [0.1, 0.15) is 18.1 Å². The zero-order valence-electron chi connectivity index (χ0n) is 24.1. The fourth-order valence-corrected chi connectivity index (χ4v) is 6.79. The summed E-state index contributed by atoms with van der Waals surface area (Å²) in [6.45, 7) is 4.87. The van der Waals surface area contributed by atoms with Crippen LogP contribution in [0.15, 0.2) is 0 Å². The van der Waals surface area contributed by atoms with Crippen molar-refractivity contribution in [2.24, 2.45) is 23.2 Å². The van der Waals surface area contributed by atoms with Crippen LogP contribution in [-0.2, 0) is 19.2 Å². The molecule has 2 saturated carbocycles. The fraction of sp³-hybridized carbons (Fsp3) is 0.828. The van der Waals surface area contributed by atoms with Gasteiger partial charge in [-0.2, -0.15) is 18.4 Å². The molecule has 1 unspecified atom stereocenters. The monoisotopic (exact) mass is 581 g/mol. The van der Waals surface area contributed by atoms with E-state index in [4.69, 9.17) is 0 Å². The highest BCUT2D eigenvalue weighted by Gasteiger charge is 2.50. The van der Waals surface area contributed by atoms with E-state index in [1.165, 1.54) is 4.90 Å². The highest BCUT2D eigenvalue weighted by atomic mass is 19.4. The molecule has 9 nitrogen and oxygen atoms in total. The van der Waals surface area contributed by atoms with Gasteiger partial charge in [-0.3, -0.25) is 19.2 Å². The van der Waals surface area contributed by atoms with Crippen LogP contribution in [-0.4, -0.2) is 64.9 Å². The van der Waals surface area contributed by atoms with Gasteiger partial charge < -0.3 is 20.9 Å². The average molecular weight is 582 g/mol. The Morgan fingerprint density at radius 1 is 1.05 bits per heavy atom. The topological polar surface area (TPSA) is 131 Å². The number of amides is 4. The molecule has 4 amide bonds. The zero-order chi connectivity index (χ0) is 30.2. The summed E-state index contributed by atoms with van der Waals surface area (Å²) in [5.74, 6) is -3.79. The summed E-state index contributed by atoms with van der Waals surface area (Å²) >= 11 is 0. The maximum atomic E-state index is 13.8. The standard InChI is InChI=1S/C29H42F3N5O4/c1-27(2,3)22(35-26(41)29(30,31)32)25(40)37-16-19(17-7-5-4-6-8-17)14-21(37)24(39)34-20(15-33)13-18-9-10-28(11-12-28)36-23(18)38/h17-22H,4-14,16H2,1-3H3,(H,34,39)(H,35,41)(H,36,38)/t18-,19?,20-,21-,22+/m0/s1. The molecule has 0 aromatic heterocycles. The van der Waals surface area contributed by atoms with E-state index in [9.17, 15) is 37.6 Å². The predicted octanol–water partition coefficient (Wildman–Crippen LogP) is 3.33. The van der Waals surface area contributed by atoms with Gasteiger partial charge >= 0.3 is 12.1 Å². The molecule has 1 spiro atoms. The van der Waals surface area contributed by atoms with Crippen LogP contribution in [0.3, 0.4) is 0 Å². The lowest BCUT2D eigenvalue weighted by molar-refractivity contribution is -0.176. The largest absolute Gasteiger partial charge is 0.471 e. The van der Waals surface area contributed by atoms with E-state index in [1.807, 2.05) is 5.32 Å². The van der Waals surface area contributed by atoms with Crippen LogP contribution in [0, 0.1) is 34.5 Å². The van der Waals surface area contributed by atoms with E-state index in [2.05, 4.69) is 16.7 Å². The lowest BCUT2D eigenvalue weighted by Crippen LogP contribution is -2.59. The summed E-state index contributed by atoms with van der Waals surface area (Å²) in [5.41, 5.74) is -1.16. The van der Waals surface area contributed by atoms with Crippen molar-refractivity contribution in [2.75, 3.05) is 6.54 Å². The highest BCUT2D eigenvalue weighted by molar-refractivity contribution is 5.94. The molecule has 2 saturated heterocycles. The molecule has 0 bridgehead atoms. The molecule has 4 fully saturated rings. The number of carbonyl (C=O) groups is 4. The van der Waals surface area contributed by atoms with Crippen LogP contribution in [0.5, 0.6) is 0 Å². The first-order valence-corrected chi connectivity index (χ1v) is 14.8. The molecule has 2 aliphatic heterocycles. The van der Waals surface area contributed by atoms with Crippen molar-refractivity contribution in [1.29, 1.82) is 5.26 Å². The average Bonchev–Trinajstić information content (AvgIpc) is 3.49. The highest BCUT2D eigenvalue weighted by Crippen LogP contribution is 2.44. The van der Waals surface area contributed by atoms with Gasteiger partial charge in [-0.1, -0.05) is 52.9 Å². The van der Waals surface area contributed by atoms with Crippen molar-refractivity contribution < 1.29 is 32.3 Å². The van der Waals surface area contributed by atoms with Crippen LogP contribution >= 0.6 is 0 Å². The molecule has 4 aliphatic rings. The first-order chi connectivity index (χ1) is 19.1. The van der Waals surface area contributed by atoms with Crippen molar-refractivity contribution in [3.05, 3.63) is 0 Å². The fourth-order valence-electron chi connectivity index (χ4n) is 6.79. The Labute approximate surface area is 239 Å². The number of nitrogens with zero attached hydrogens (tertiary/aromatic N) is 2. The number of hydrogen-bond donors (Lipinski definition) is 3. The second-order valence-corrected chi connectivity index (χ2v) is 13.6. The number of rotatable bonds is 7. The van der Waals surface area contributed by atoms with Crippen molar-refractivity contribution in [3.8, 4) is 6.07 Å². The number of nitriles is 1. The van der Waals surface area contributed by atoms with Crippen LogP contribution in [0.4, 0.5) is 13.2 Å². The van der Waals surface area contributed by atoms with Gasteiger partial charge in [-0.15, -0.1) is 0 Å². The van der Waals surface area contributed by atoms with E-state index < -0.39 is 53.4 Å². The third kappa shape index (κ3) is 7.33. The van der Waals surface area contributed by atoms with Gasteiger partial charge in [0, 0.05) is 18.0 Å². The normalized spacial score (nSPS) is 27.9. The van der Waals surface area contributed by atoms with Crippen LogP contribution in [0.1, 0.15) is 91.4 Å². The van der Waals surface area contributed by atoms with Gasteiger partial charge in [-0.05, 0) is 55.8 Å². The van der Waals surface area contributed by atoms with Crippen molar-refractivity contribution >= 4 is 23.6 Å². The first-order valence-electron chi connectivity index (χ1n) is 14.8. The molecule has 0 radical (unpaired) electrons. The van der Waals surface area contributed by atoms with Gasteiger partial charge in [0.25, 0.3) is 0 Å². The summed E-state index contributed by atoms with van der Waals surface area (Å²) in [6.07, 6.45) is 3.78. The number of nitrogens with one attached hydrogen (secondary N) is 3. The molecule has 5 atom stereocenters. The summed E-state index contributed by atoms with van der Waals surface area (Å²) in [6, 6.07) is -1.39. The number of piperidine rings is 1. The Hall–Kier alpha value is -2.84. The van der Waals surface area contributed by atoms with E-state index in [0.717, 1.165) is 51.4 Å². The van der Waals surface area contributed by atoms with Crippen LogP contribution < -0.4 is 16.0 Å². The maximum absolute atomic E-state index is 13.8. The Morgan fingerprint density at radius 2 is 1.71 bits per heavy atom. The molecule has 41 heavy (non-hydrogen) atoms. The van der Waals surface area contributed by atoms with Crippen molar-refractivity contribution in [1.82, 2.24) is 20.9 Å². The lowest BCUT2D eigenvalue weighted by Gasteiger charge is -2.36. The minimum Gasteiger partial charge on any atom is -0.350 e. The number of hydrogen-bond acceptors (Lipinski definition) is 5. The Bertz CT molecular complexity index is 1070. The minimum atomic E-state index is -5.17. The lowest BCUT2D eigenvalue weighted by atomic mass is 9.79. The SMILES string of the molecule is CC(C)(C)[C@H](NC(=O)C(F)(F)F)C(=O)N1CC(C2CCCCC2)C[C@H]1C(=O)N[C@H](C#N)C[C@@H]1CCC2(CC2)NC1=O. The smallest absolute Gasteiger partial charge is 0.350 e. The molecule has 0 aromatic rings. The van der Waals surface area contributed by atoms with E-state index in [-0.39, 0.29) is 36.2 Å². The maximum Gasteiger partial charge on any atom is 0.471 e. The zero-order valence-corrected chi connectivity index (χ0v) is 24.1. The summed E-state index contributed by atoms with van der Waals surface area (Å²) in [7, 11) is 0. The van der Waals surface area contributed by atoms with Gasteiger partial charge in [-0.25, -0.2) is 0 Å². The molecule has 4 rings (SSSR count). The third-order valence-corrected chi connectivity index (χ3v) is 9.46. The number of alkyl halides is 3. The second-order valence-electron chi connectivity index (χ2n) is 13.6. The van der Waals surface area contributed by atoms with E-state index in [1.54, 1.807) is 20.8 Å². The summed E-state index contributed by atoms with van der Waals surface area (Å²) in [4.78, 5) is 53.2. The van der Waals surface area contributed by atoms with E-state index >= 15 is 0 Å². The number of carbonyl (C=O) groups excluding carboxylic acids is 4. The Balaban J connectivity index is 1.50. The van der Waals surface area contributed by atoms with Crippen molar-refractivity contribution in [3.63, 3.8) is 0 Å². The molecular weight excluding hydrogens is 539 g/mol. The molecule has 0 aromatic carbocycles. The Morgan fingerprint density at radius 3 is 2.24 bits per heavy atom. The molecule has 2 heterocycles. The minimum absolute atomic E-state index is 0.0201. The number of likely N-dealkylation sites (tertiary alicyclic amines) is 1. The van der Waals surface area contributed by atoms with Gasteiger partial charge in [0.2, 0.25) is 17.7 Å². The second kappa shape index (κ2) is 11.8. The summed E-state index contributed by atoms with van der Waals surface area (Å²) in [5, 5.41) is 17.5. The van der Waals surface area contributed by atoms with E-state index in [0.29, 0.717) is 12.8 Å². The van der Waals surface area contributed by atoms with Gasteiger partial charge in [0.05, 0.1) is 6.07 Å². The Kier molecular flexibility index (Phi) is 8.95. The van der Waals surface area contributed by atoms with Gasteiger partial charge in [0.15, 0.2) is 0 Å². The van der Waals surface area contributed by atoms with Crippen LogP contribution in [0.2, 0.25) is 0 Å². The molecule has 2 aliphatic carbocycles. The molecule has 228 valence electrons. The quantitative estimate of drug-likeness (QED) is 0.425. The predicted molar refractivity (Wildman–Crippen MR) is 143 cm³/mol. The van der Waals surface area contributed by atoms with Crippen LogP contribution in [0.25, 0.3) is 0 Å². The molecular formula is C29H42F3N5O4. The molecule has 12 heteroatoms. The first kappa shape index (κ1) is 31.1. The summed E-state index contributed by atoms with van der Waals surface area (Å²) < 4.78 is 39.4. The van der Waals surface area contributed by atoms with Crippen molar-refractivity contribution in [2.45, 2.75) is 121 Å². The molecule has 3 N–H and O–H groups in total. The third-order valence-electron chi connectivity index (χ3n) is 9.46.